The van der Waals surface area contributed by atoms with Gasteiger partial charge in [0, 0.05) is 43.9 Å². The van der Waals surface area contributed by atoms with Gasteiger partial charge in [-0.05, 0) is 66.1 Å². The molecule has 2 aromatic heterocycles. The molecular weight excluding hydrogens is 350 g/mol. The van der Waals surface area contributed by atoms with Gasteiger partial charge in [0.2, 0.25) is 0 Å². The molecule has 0 bridgehead atoms. The van der Waals surface area contributed by atoms with Crippen LogP contribution in [0.4, 0.5) is 0 Å². The van der Waals surface area contributed by atoms with Crippen LogP contribution in [0.2, 0.25) is 0 Å². The van der Waals surface area contributed by atoms with E-state index >= 15 is 0 Å². The number of piperidine rings is 1. The molecule has 2 aromatic rings. The quantitative estimate of drug-likeness (QED) is 0.765. The molecule has 1 unspecified atom stereocenters. The summed E-state index contributed by atoms with van der Waals surface area (Å²) >= 11 is 0. The van der Waals surface area contributed by atoms with Crippen molar-refractivity contribution in [3.05, 3.63) is 28.6 Å². The molecule has 4 heterocycles. The summed E-state index contributed by atoms with van der Waals surface area (Å²) in [6.07, 6.45) is 5.06. The number of hydrogen-bond acceptors (Lipinski definition) is 5. The Morgan fingerprint density at radius 2 is 1.71 bits per heavy atom. The van der Waals surface area contributed by atoms with Crippen LogP contribution in [0.3, 0.4) is 0 Å². The zero-order valence-electron chi connectivity index (χ0n) is 18.0. The van der Waals surface area contributed by atoms with Crippen LogP contribution in [0, 0.1) is 13.8 Å². The van der Waals surface area contributed by atoms with Crippen LogP contribution in [0.5, 0.6) is 0 Å². The smallest absolute Gasteiger partial charge is 0.146 e. The second kappa shape index (κ2) is 8.33. The van der Waals surface area contributed by atoms with Crippen LogP contribution < -0.4 is 0 Å². The lowest BCUT2D eigenvalue weighted by atomic mass is 9.96. The largest absolute Gasteiger partial charge is 0.317 e. The van der Waals surface area contributed by atoms with Crippen molar-refractivity contribution in [2.24, 2.45) is 7.05 Å². The van der Waals surface area contributed by atoms with Gasteiger partial charge in [-0.25, -0.2) is 0 Å². The van der Waals surface area contributed by atoms with Gasteiger partial charge in [-0.2, -0.15) is 5.10 Å². The van der Waals surface area contributed by atoms with E-state index in [9.17, 15) is 0 Å². The van der Waals surface area contributed by atoms with E-state index in [2.05, 4.69) is 57.1 Å². The predicted octanol–water partition coefficient (Wildman–Crippen LogP) is 2.62. The van der Waals surface area contributed by atoms with Gasteiger partial charge < -0.3 is 4.57 Å². The summed E-state index contributed by atoms with van der Waals surface area (Å²) < 4.78 is 4.39. The van der Waals surface area contributed by atoms with Crippen molar-refractivity contribution in [1.82, 2.24) is 34.3 Å². The first-order valence-corrected chi connectivity index (χ1v) is 10.9. The van der Waals surface area contributed by atoms with E-state index in [4.69, 9.17) is 5.10 Å². The predicted molar refractivity (Wildman–Crippen MR) is 110 cm³/mol. The van der Waals surface area contributed by atoms with Crippen molar-refractivity contribution in [2.75, 3.05) is 26.2 Å². The Labute approximate surface area is 168 Å². The first-order chi connectivity index (χ1) is 13.6. The highest BCUT2D eigenvalue weighted by molar-refractivity contribution is 5.24. The minimum absolute atomic E-state index is 0.473. The van der Waals surface area contributed by atoms with Crippen LogP contribution >= 0.6 is 0 Å². The lowest BCUT2D eigenvalue weighted by Gasteiger charge is -2.32. The van der Waals surface area contributed by atoms with Gasteiger partial charge >= 0.3 is 0 Å². The van der Waals surface area contributed by atoms with Crippen LogP contribution in [-0.2, 0) is 26.7 Å². The van der Waals surface area contributed by atoms with Crippen molar-refractivity contribution in [3.63, 3.8) is 0 Å². The van der Waals surface area contributed by atoms with E-state index in [0.29, 0.717) is 5.92 Å². The Balaban J connectivity index is 1.44. The monoisotopic (exact) mass is 385 g/mol. The highest BCUT2D eigenvalue weighted by Gasteiger charge is 2.27. The molecule has 0 aromatic carbocycles. The lowest BCUT2D eigenvalue weighted by Crippen LogP contribution is -2.35. The van der Waals surface area contributed by atoms with Gasteiger partial charge in [0.1, 0.15) is 11.6 Å². The second-order valence-corrected chi connectivity index (χ2v) is 8.56. The fourth-order valence-electron chi connectivity index (χ4n) is 4.91. The SMILES string of the molecule is CCn1nc(C)c(CN2CCCC(c3nnc(CN4CCCC4)n3C)C2)c1C. The molecule has 0 amide bonds. The summed E-state index contributed by atoms with van der Waals surface area (Å²) in [5.74, 6) is 2.75. The van der Waals surface area contributed by atoms with E-state index in [1.165, 1.54) is 55.7 Å². The zero-order chi connectivity index (χ0) is 19.7. The summed E-state index contributed by atoms with van der Waals surface area (Å²) in [5, 5.41) is 13.9. The number of aromatic nitrogens is 5. The topological polar surface area (TPSA) is 55.0 Å². The minimum Gasteiger partial charge on any atom is -0.317 e. The molecule has 0 saturated carbocycles. The summed E-state index contributed by atoms with van der Waals surface area (Å²) in [6.45, 7) is 14.0. The number of rotatable bonds is 6. The van der Waals surface area contributed by atoms with E-state index in [-0.39, 0.29) is 0 Å². The summed E-state index contributed by atoms with van der Waals surface area (Å²) in [4.78, 5) is 5.08. The van der Waals surface area contributed by atoms with Crippen molar-refractivity contribution in [1.29, 1.82) is 0 Å². The molecule has 0 spiro atoms. The van der Waals surface area contributed by atoms with Gasteiger partial charge in [0.15, 0.2) is 0 Å². The van der Waals surface area contributed by atoms with Crippen molar-refractivity contribution >= 4 is 0 Å². The van der Waals surface area contributed by atoms with Crippen molar-refractivity contribution in [3.8, 4) is 0 Å². The number of nitrogens with zero attached hydrogens (tertiary/aromatic N) is 7. The lowest BCUT2D eigenvalue weighted by molar-refractivity contribution is 0.194. The molecular formula is C21H35N7. The standard InChI is InChI=1S/C21H35N7/c1-5-28-17(3)19(16(2)24-28)14-27-12-8-9-18(13-27)21-23-22-20(25(21)4)15-26-10-6-7-11-26/h18H,5-15H2,1-4H3. The average molecular weight is 386 g/mol. The Bertz CT molecular complexity index is 800. The number of likely N-dealkylation sites (tertiary alicyclic amines) is 2. The van der Waals surface area contributed by atoms with Crippen LogP contribution in [0.15, 0.2) is 0 Å². The molecule has 28 heavy (non-hydrogen) atoms. The highest BCUT2D eigenvalue weighted by Crippen LogP contribution is 2.28. The second-order valence-electron chi connectivity index (χ2n) is 8.56. The summed E-state index contributed by atoms with van der Waals surface area (Å²) in [5.41, 5.74) is 3.89. The maximum absolute atomic E-state index is 4.70. The number of hydrogen-bond donors (Lipinski definition) is 0. The van der Waals surface area contributed by atoms with E-state index in [0.717, 1.165) is 44.4 Å². The molecule has 4 rings (SSSR count). The molecule has 7 nitrogen and oxygen atoms in total. The van der Waals surface area contributed by atoms with Crippen LogP contribution in [0.25, 0.3) is 0 Å². The number of aryl methyl sites for hydroxylation is 2. The van der Waals surface area contributed by atoms with Crippen LogP contribution in [0.1, 0.15) is 67.1 Å². The van der Waals surface area contributed by atoms with Gasteiger partial charge in [-0.3, -0.25) is 14.5 Å². The van der Waals surface area contributed by atoms with Crippen molar-refractivity contribution in [2.45, 2.75) is 72.0 Å². The molecule has 2 aliphatic heterocycles. The summed E-state index contributed by atoms with van der Waals surface area (Å²) in [6, 6.07) is 0. The average Bonchev–Trinajstić information content (AvgIpc) is 3.40. The van der Waals surface area contributed by atoms with E-state index in [1.54, 1.807) is 0 Å². The minimum atomic E-state index is 0.473. The van der Waals surface area contributed by atoms with Gasteiger partial charge in [-0.15, -0.1) is 10.2 Å². The first kappa shape index (κ1) is 19.6. The Kier molecular flexibility index (Phi) is 5.83. The molecule has 0 radical (unpaired) electrons. The van der Waals surface area contributed by atoms with Crippen molar-refractivity contribution < 1.29 is 0 Å². The summed E-state index contributed by atoms with van der Waals surface area (Å²) in [7, 11) is 2.15. The molecule has 7 heteroatoms. The molecule has 2 saturated heterocycles. The van der Waals surface area contributed by atoms with Gasteiger partial charge in [0.05, 0.1) is 12.2 Å². The molecule has 2 fully saturated rings. The fourth-order valence-corrected chi connectivity index (χ4v) is 4.91. The maximum Gasteiger partial charge on any atom is 0.146 e. The van der Waals surface area contributed by atoms with E-state index < -0.39 is 0 Å². The van der Waals surface area contributed by atoms with E-state index in [1.807, 2.05) is 0 Å². The Hall–Kier alpha value is -1.73. The third-order valence-corrected chi connectivity index (χ3v) is 6.65. The molecule has 0 aliphatic carbocycles. The fraction of sp³-hybridized carbons (Fsp3) is 0.762. The maximum atomic E-state index is 4.70. The zero-order valence-corrected chi connectivity index (χ0v) is 18.0. The molecule has 1 atom stereocenters. The first-order valence-electron chi connectivity index (χ1n) is 10.9. The Morgan fingerprint density at radius 3 is 2.43 bits per heavy atom. The molecule has 0 N–H and O–H groups in total. The van der Waals surface area contributed by atoms with Crippen LogP contribution in [-0.4, -0.2) is 60.5 Å². The molecule has 2 aliphatic rings. The highest BCUT2D eigenvalue weighted by atomic mass is 15.3. The van der Waals surface area contributed by atoms with Gasteiger partial charge in [0.25, 0.3) is 0 Å². The third-order valence-electron chi connectivity index (χ3n) is 6.65. The normalized spacial score (nSPS) is 21.6. The van der Waals surface area contributed by atoms with Gasteiger partial charge in [-0.1, -0.05) is 0 Å². The third kappa shape index (κ3) is 3.87. The Morgan fingerprint density at radius 1 is 0.964 bits per heavy atom. The molecule has 154 valence electrons.